The molecule has 0 nitrogen and oxygen atoms in total. The second-order valence-corrected chi connectivity index (χ2v) is 14.7. The highest BCUT2D eigenvalue weighted by atomic mass is 14.5. The van der Waals surface area contributed by atoms with Crippen LogP contribution in [-0.4, -0.2) is 0 Å². The van der Waals surface area contributed by atoms with Gasteiger partial charge < -0.3 is 0 Å². The van der Waals surface area contributed by atoms with Crippen LogP contribution in [0.4, 0.5) is 0 Å². The molecular weight excluding hydrogens is 757 g/mol. The first-order valence-electron chi connectivity index (χ1n) is 25.3. The van der Waals surface area contributed by atoms with Gasteiger partial charge in [-0.25, -0.2) is 0 Å². The fraction of sp³-hybridized carbons (Fsp3) is 0.429. The molecule has 0 saturated heterocycles. The summed E-state index contributed by atoms with van der Waals surface area (Å²) in [4.78, 5) is 0. The first-order chi connectivity index (χ1) is 31.1. The lowest BCUT2D eigenvalue weighted by Gasteiger charge is -2.23. The number of aryl methyl sites for hydroxylation is 2. The van der Waals surface area contributed by atoms with Crippen LogP contribution in [0.5, 0.6) is 0 Å². The number of fused-ring (bicyclic) bond motifs is 5. The monoisotopic (exact) mass is 851 g/mol. The second kappa shape index (κ2) is 43.9. The Morgan fingerprint density at radius 2 is 0.603 bits per heavy atom. The second-order valence-electron chi connectivity index (χ2n) is 14.7. The van der Waals surface area contributed by atoms with Crippen molar-refractivity contribution in [1.82, 2.24) is 0 Å². The summed E-state index contributed by atoms with van der Waals surface area (Å²) in [5, 5.41) is 0. The normalized spacial score (nSPS) is 16.0. The number of hydrogen-bond donors (Lipinski definition) is 0. The molecule has 63 heavy (non-hydrogen) atoms. The van der Waals surface area contributed by atoms with Gasteiger partial charge in [-0.15, -0.1) is 0 Å². The maximum absolute atomic E-state index is 2.21. The van der Waals surface area contributed by atoms with Crippen molar-refractivity contribution in [3.8, 4) is 11.1 Å². The van der Waals surface area contributed by atoms with Crippen molar-refractivity contribution >= 4 is 0 Å². The van der Waals surface area contributed by atoms with Crippen LogP contribution in [0.1, 0.15) is 158 Å². The minimum Gasteiger partial charge on any atom is -0.0683 e. The zero-order valence-electron chi connectivity index (χ0n) is 42.9. The van der Waals surface area contributed by atoms with Crippen molar-refractivity contribution in [2.75, 3.05) is 0 Å². The maximum Gasteiger partial charge on any atom is -0.0184 e. The van der Waals surface area contributed by atoms with Gasteiger partial charge in [0.05, 0.1) is 0 Å². The third-order valence-electron chi connectivity index (χ3n) is 10.9. The molecule has 4 atom stereocenters. The van der Waals surface area contributed by atoms with E-state index in [-0.39, 0.29) is 0 Å². The van der Waals surface area contributed by atoms with Crippen LogP contribution in [-0.2, 0) is 12.8 Å². The van der Waals surface area contributed by atoms with Crippen LogP contribution < -0.4 is 0 Å². The molecule has 0 radical (unpaired) electrons. The van der Waals surface area contributed by atoms with Crippen molar-refractivity contribution in [3.63, 3.8) is 0 Å². The summed E-state index contributed by atoms with van der Waals surface area (Å²) in [6.45, 7) is 28.8. The van der Waals surface area contributed by atoms with Crippen LogP contribution in [0.2, 0.25) is 0 Å². The summed E-state index contributed by atoms with van der Waals surface area (Å²) in [5.41, 5.74) is 6.82. The summed E-state index contributed by atoms with van der Waals surface area (Å²) in [7, 11) is 0. The van der Waals surface area contributed by atoms with E-state index in [9.17, 15) is 0 Å². The molecule has 6 aromatic carbocycles. The average molecular weight is 851 g/mol. The number of hydrogen-bond acceptors (Lipinski definition) is 0. The molecule has 346 valence electrons. The molecule has 6 aromatic rings. The van der Waals surface area contributed by atoms with Gasteiger partial charge in [0.2, 0.25) is 0 Å². The highest BCUT2D eigenvalue weighted by molar-refractivity contribution is 5.64. The largest absolute Gasteiger partial charge is 0.0683 e. The number of benzene rings is 6. The predicted octanol–water partition coefficient (Wildman–Crippen LogP) is 20.3. The molecule has 3 aliphatic carbocycles. The molecule has 3 aliphatic rings. The van der Waals surface area contributed by atoms with Crippen LogP contribution >= 0.6 is 0 Å². The maximum atomic E-state index is 2.21. The Labute approximate surface area is 392 Å². The molecule has 0 amide bonds. The lowest BCUT2D eigenvalue weighted by atomic mass is 9.82. The molecule has 4 unspecified atom stereocenters. The smallest absolute Gasteiger partial charge is 0.0184 e. The Hall–Kier alpha value is -4.68. The molecule has 0 heterocycles. The average Bonchev–Trinajstić information content (AvgIpc) is 4.18. The standard InChI is InChI=1S/C16H18.C10H16.C9H12.3C6H6.5C2H6/c1-3-13-5-9-15(10-6-13)16-11-7-14(4-2)8-12-16;1-2-9-7-4-5-8(6-7)10(9)3-1;1-8(2)9-6-4-3-5-7-9;3*1-2-4-6-5-3-1;5*1-2/h5-12H,3-4H2,1-2H3;7-10H,1-6H2;3-8H,1-2H3;3*1-6H;5*1-2H3. The van der Waals surface area contributed by atoms with E-state index in [2.05, 4.69) is 100 Å². The minimum atomic E-state index is 0.659. The Bertz CT molecular complexity index is 1470. The summed E-state index contributed by atoms with van der Waals surface area (Å²) in [6, 6.07) is 64.2. The SMILES string of the molecule is C1CC2C3CCC(C3)C2C1.CC.CC.CC.CC.CC.CC(C)c1ccccc1.CCc1ccc(-c2ccc(CC)cc2)cc1.c1ccccc1.c1ccccc1.c1ccccc1. The number of rotatable bonds is 4. The van der Waals surface area contributed by atoms with E-state index in [0.29, 0.717) is 5.92 Å². The summed E-state index contributed by atoms with van der Waals surface area (Å²) in [5.74, 6) is 5.46. The van der Waals surface area contributed by atoms with E-state index in [1.807, 2.05) is 184 Å². The predicted molar refractivity (Wildman–Crippen MR) is 289 cm³/mol. The van der Waals surface area contributed by atoms with E-state index in [1.165, 1.54) is 51.5 Å². The van der Waals surface area contributed by atoms with Crippen LogP contribution in [0.3, 0.4) is 0 Å². The van der Waals surface area contributed by atoms with E-state index in [0.717, 1.165) is 12.8 Å². The van der Waals surface area contributed by atoms with Gasteiger partial charge in [-0.05, 0) is 102 Å². The van der Waals surface area contributed by atoms with Crippen molar-refractivity contribution in [1.29, 1.82) is 0 Å². The van der Waals surface area contributed by atoms with E-state index in [1.54, 1.807) is 38.5 Å². The van der Waals surface area contributed by atoms with Crippen molar-refractivity contribution in [3.05, 3.63) is 205 Å². The van der Waals surface area contributed by atoms with E-state index >= 15 is 0 Å². The van der Waals surface area contributed by atoms with Gasteiger partial charge in [0.25, 0.3) is 0 Å². The van der Waals surface area contributed by atoms with Gasteiger partial charge in [-0.1, -0.05) is 291 Å². The Morgan fingerprint density at radius 3 is 0.825 bits per heavy atom. The van der Waals surface area contributed by atoms with Crippen LogP contribution in [0.25, 0.3) is 11.1 Å². The molecular formula is C63H94. The minimum absolute atomic E-state index is 0.659. The van der Waals surface area contributed by atoms with Gasteiger partial charge in [0.1, 0.15) is 0 Å². The summed E-state index contributed by atoms with van der Waals surface area (Å²) >= 11 is 0. The molecule has 0 spiro atoms. The summed E-state index contributed by atoms with van der Waals surface area (Å²) in [6.07, 6.45) is 11.7. The van der Waals surface area contributed by atoms with Gasteiger partial charge in [0.15, 0.2) is 0 Å². The van der Waals surface area contributed by atoms with E-state index in [4.69, 9.17) is 0 Å². The van der Waals surface area contributed by atoms with Crippen molar-refractivity contribution < 1.29 is 0 Å². The zero-order valence-corrected chi connectivity index (χ0v) is 42.9. The van der Waals surface area contributed by atoms with Gasteiger partial charge in [-0.2, -0.15) is 0 Å². The first-order valence-corrected chi connectivity index (χ1v) is 25.3. The Morgan fingerprint density at radius 1 is 0.349 bits per heavy atom. The fourth-order valence-corrected chi connectivity index (χ4v) is 7.88. The molecule has 9 rings (SSSR count). The Balaban J connectivity index is 0. The van der Waals surface area contributed by atoms with E-state index < -0.39 is 0 Å². The third-order valence-corrected chi connectivity index (χ3v) is 10.9. The lowest BCUT2D eigenvalue weighted by Crippen LogP contribution is -2.15. The lowest BCUT2D eigenvalue weighted by molar-refractivity contribution is 0.259. The van der Waals surface area contributed by atoms with Gasteiger partial charge in [0, 0.05) is 0 Å². The van der Waals surface area contributed by atoms with Gasteiger partial charge in [-0.3, -0.25) is 0 Å². The Kier molecular flexibility index (Phi) is 42.1. The fourth-order valence-electron chi connectivity index (χ4n) is 7.88. The molecule has 0 aromatic heterocycles. The van der Waals surface area contributed by atoms with Crippen molar-refractivity contribution in [2.45, 2.75) is 154 Å². The molecule has 0 N–H and O–H groups in total. The molecule has 0 heteroatoms. The van der Waals surface area contributed by atoms with Crippen LogP contribution in [0, 0.1) is 23.7 Å². The first kappa shape index (κ1) is 60.4. The molecule has 2 bridgehead atoms. The highest BCUT2D eigenvalue weighted by Crippen LogP contribution is 2.58. The highest BCUT2D eigenvalue weighted by Gasteiger charge is 2.48. The van der Waals surface area contributed by atoms with Crippen LogP contribution in [0.15, 0.2) is 188 Å². The zero-order chi connectivity index (χ0) is 47.4. The van der Waals surface area contributed by atoms with Crippen molar-refractivity contribution in [2.24, 2.45) is 23.7 Å². The quantitative estimate of drug-likeness (QED) is 0.166. The van der Waals surface area contributed by atoms with Gasteiger partial charge >= 0.3 is 0 Å². The summed E-state index contributed by atoms with van der Waals surface area (Å²) < 4.78 is 0. The molecule has 3 saturated carbocycles. The third kappa shape index (κ3) is 27.2. The molecule has 0 aliphatic heterocycles. The molecule has 3 fully saturated rings. The topological polar surface area (TPSA) is 0 Å².